The van der Waals surface area contributed by atoms with E-state index in [0.717, 1.165) is 0 Å². The highest BCUT2D eigenvalue weighted by atomic mass is 16.6. The number of carbonyl (C=O) groups is 2. The van der Waals surface area contributed by atoms with Gasteiger partial charge in [0.1, 0.15) is 47.3 Å². The molecule has 14 nitrogen and oxygen atoms in total. The van der Waals surface area contributed by atoms with Crippen LogP contribution in [-0.2, 0) is 28.4 Å². The maximum atomic E-state index is 11.5. The first-order valence-corrected chi connectivity index (χ1v) is 15.1. The summed E-state index contributed by atoms with van der Waals surface area (Å²) in [5.41, 5.74) is 1.25. The number of rotatable bonds is 24. The Morgan fingerprint density at radius 1 is 0.500 bits per heavy atom. The first kappa shape index (κ1) is 38.0. The van der Waals surface area contributed by atoms with Crippen molar-refractivity contribution < 1.29 is 67.9 Å². The van der Waals surface area contributed by atoms with Crippen molar-refractivity contribution >= 4 is 11.9 Å². The van der Waals surface area contributed by atoms with E-state index in [4.69, 9.17) is 37.9 Å². The van der Waals surface area contributed by atoms with Crippen LogP contribution in [0.2, 0.25) is 0 Å². The average Bonchev–Trinajstić information content (AvgIpc) is 3.06. The Kier molecular flexibility index (Phi) is 16.4. The number of phenols is 2. The molecule has 3 aromatic carbocycles. The smallest absolute Gasteiger partial charge is 0.339 e. The summed E-state index contributed by atoms with van der Waals surface area (Å²) in [7, 11) is 3.17. The van der Waals surface area contributed by atoms with Gasteiger partial charge in [-0.1, -0.05) is 12.1 Å². The summed E-state index contributed by atoms with van der Waals surface area (Å²) in [6.07, 6.45) is 0. The first-order valence-electron chi connectivity index (χ1n) is 15.1. The van der Waals surface area contributed by atoms with Gasteiger partial charge in [-0.2, -0.15) is 0 Å². The lowest BCUT2D eigenvalue weighted by Gasteiger charge is -2.19. The zero-order chi connectivity index (χ0) is 34.7. The third-order valence-corrected chi connectivity index (χ3v) is 6.74. The minimum Gasteiger partial charge on any atom is -0.507 e. The molecule has 14 heteroatoms. The fraction of sp³-hybridized carbons (Fsp3) is 0.412. The fourth-order valence-electron chi connectivity index (χ4n) is 4.36. The Morgan fingerprint density at radius 3 is 1.15 bits per heavy atom. The van der Waals surface area contributed by atoms with Crippen LogP contribution in [0, 0.1) is 0 Å². The quantitative estimate of drug-likeness (QED) is 0.100. The molecule has 0 amide bonds. The van der Waals surface area contributed by atoms with Crippen LogP contribution in [0.25, 0.3) is 22.3 Å². The molecule has 0 aromatic heterocycles. The summed E-state index contributed by atoms with van der Waals surface area (Å²) in [5, 5.41) is 39.7. The molecule has 0 saturated heterocycles. The van der Waals surface area contributed by atoms with E-state index in [0.29, 0.717) is 86.6 Å². The van der Waals surface area contributed by atoms with Crippen molar-refractivity contribution in [3.8, 4) is 45.3 Å². The number of hydrogen-bond acceptors (Lipinski definition) is 12. The van der Waals surface area contributed by atoms with Crippen molar-refractivity contribution in [2.75, 3.05) is 93.5 Å². The van der Waals surface area contributed by atoms with E-state index in [1.165, 1.54) is 36.4 Å². The number of ether oxygens (including phenoxy) is 8. The molecule has 0 bridgehead atoms. The van der Waals surface area contributed by atoms with Gasteiger partial charge in [-0.05, 0) is 47.5 Å². The van der Waals surface area contributed by atoms with Crippen molar-refractivity contribution in [3.05, 3.63) is 59.7 Å². The van der Waals surface area contributed by atoms with E-state index in [-0.39, 0.29) is 37.6 Å². The van der Waals surface area contributed by atoms with Gasteiger partial charge in [-0.3, -0.25) is 0 Å². The van der Waals surface area contributed by atoms with Gasteiger partial charge in [-0.15, -0.1) is 0 Å². The summed E-state index contributed by atoms with van der Waals surface area (Å²) < 4.78 is 44.1. The SMILES string of the molecule is COCCOCCOCCOc1cc(-c2ccc(C(=O)O)c(O)c2)c(OCCOCCOCCOC)cc1-c1ccc(C(=O)O)c(O)c1. The standard InChI is InChI=1S/C34H42O14/c1-41-7-9-43-11-13-45-15-17-47-31-21-28(24-4-6-26(34(39)40)30(36)20-24)32(48-18-16-46-14-12-44-10-8-42-2)22-27(31)23-3-5-25(33(37)38)29(35)19-23/h3-6,19-22,35-36H,7-18H2,1-2H3,(H,37,38)(H,39,40). The molecule has 262 valence electrons. The number of hydrogen-bond donors (Lipinski definition) is 4. The second-order valence-electron chi connectivity index (χ2n) is 10.1. The lowest BCUT2D eigenvalue weighted by atomic mass is 9.96. The molecule has 48 heavy (non-hydrogen) atoms. The van der Waals surface area contributed by atoms with Crippen LogP contribution in [0.5, 0.6) is 23.0 Å². The van der Waals surface area contributed by atoms with Gasteiger partial charge in [0.25, 0.3) is 0 Å². The molecule has 0 aliphatic heterocycles. The summed E-state index contributed by atoms with van der Waals surface area (Å²) in [4.78, 5) is 23.1. The molecule has 0 atom stereocenters. The predicted octanol–water partition coefficient (Wildman–Crippen LogP) is 3.95. The second kappa shape index (κ2) is 20.7. The third kappa shape index (κ3) is 12.0. The summed E-state index contributed by atoms with van der Waals surface area (Å²) in [6, 6.07) is 11.5. The van der Waals surface area contributed by atoms with Crippen LogP contribution in [0.1, 0.15) is 20.7 Å². The molecule has 3 rings (SSSR count). The molecule has 0 aliphatic carbocycles. The van der Waals surface area contributed by atoms with Gasteiger partial charge in [0.15, 0.2) is 0 Å². The van der Waals surface area contributed by atoms with E-state index in [9.17, 15) is 30.0 Å². The summed E-state index contributed by atoms with van der Waals surface area (Å²) in [6.45, 7) is 3.93. The van der Waals surface area contributed by atoms with Gasteiger partial charge in [0, 0.05) is 25.3 Å². The Balaban J connectivity index is 1.91. The van der Waals surface area contributed by atoms with Crippen LogP contribution in [0.3, 0.4) is 0 Å². The van der Waals surface area contributed by atoms with Gasteiger partial charge in [-0.25, -0.2) is 9.59 Å². The third-order valence-electron chi connectivity index (χ3n) is 6.74. The summed E-state index contributed by atoms with van der Waals surface area (Å²) in [5.74, 6) is -2.80. The maximum absolute atomic E-state index is 11.5. The predicted molar refractivity (Wildman–Crippen MR) is 173 cm³/mol. The molecule has 0 saturated carbocycles. The Hall–Kier alpha value is -4.44. The Bertz CT molecular complexity index is 1350. The highest BCUT2D eigenvalue weighted by Gasteiger charge is 2.20. The number of aromatic hydroxyl groups is 2. The number of carboxylic acids is 2. The number of carboxylic acid groups (broad SMARTS) is 2. The molecule has 0 unspecified atom stereocenters. The van der Waals surface area contributed by atoms with Gasteiger partial charge in [0.2, 0.25) is 0 Å². The first-order chi connectivity index (χ1) is 23.3. The normalized spacial score (nSPS) is 11.0. The van der Waals surface area contributed by atoms with E-state index < -0.39 is 23.4 Å². The zero-order valence-electron chi connectivity index (χ0n) is 27.0. The molecule has 0 fully saturated rings. The topological polar surface area (TPSA) is 189 Å². The maximum Gasteiger partial charge on any atom is 0.339 e. The lowest BCUT2D eigenvalue weighted by Crippen LogP contribution is -2.13. The van der Waals surface area contributed by atoms with Crippen LogP contribution < -0.4 is 9.47 Å². The summed E-state index contributed by atoms with van der Waals surface area (Å²) >= 11 is 0. The Morgan fingerprint density at radius 2 is 0.833 bits per heavy atom. The average molecular weight is 675 g/mol. The fourth-order valence-corrected chi connectivity index (χ4v) is 4.36. The van der Waals surface area contributed by atoms with E-state index in [1.54, 1.807) is 26.4 Å². The largest absolute Gasteiger partial charge is 0.507 e. The number of benzene rings is 3. The van der Waals surface area contributed by atoms with Crippen molar-refractivity contribution in [1.29, 1.82) is 0 Å². The van der Waals surface area contributed by atoms with Crippen molar-refractivity contribution in [2.45, 2.75) is 0 Å². The van der Waals surface area contributed by atoms with E-state index >= 15 is 0 Å². The van der Waals surface area contributed by atoms with Gasteiger partial charge < -0.3 is 58.3 Å². The van der Waals surface area contributed by atoms with Crippen LogP contribution >= 0.6 is 0 Å². The number of methoxy groups -OCH3 is 2. The van der Waals surface area contributed by atoms with Gasteiger partial charge in [0.05, 0.1) is 66.1 Å². The van der Waals surface area contributed by atoms with Crippen LogP contribution in [0.15, 0.2) is 48.5 Å². The van der Waals surface area contributed by atoms with Crippen LogP contribution in [0.4, 0.5) is 0 Å². The highest BCUT2D eigenvalue weighted by Crippen LogP contribution is 2.43. The molecular weight excluding hydrogens is 632 g/mol. The number of aromatic carboxylic acids is 2. The monoisotopic (exact) mass is 674 g/mol. The molecule has 3 aromatic rings. The Labute approximate surface area is 278 Å². The molecular formula is C34H42O14. The van der Waals surface area contributed by atoms with Gasteiger partial charge >= 0.3 is 11.9 Å². The minimum absolute atomic E-state index is 0.118. The van der Waals surface area contributed by atoms with E-state index in [2.05, 4.69) is 0 Å². The molecule has 4 N–H and O–H groups in total. The van der Waals surface area contributed by atoms with Crippen LogP contribution in [-0.4, -0.2) is 126 Å². The van der Waals surface area contributed by atoms with Crippen molar-refractivity contribution in [1.82, 2.24) is 0 Å². The van der Waals surface area contributed by atoms with Crippen molar-refractivity contribution in [3.63, 3.8) is 0 Å². The van der Waals surface area contributed by atoms with E-state index in [1.807, 2.05) is 0 Å². The molecule has 0 heterocycles. The molecule has 0 radical (unpaired) electrons. The molecule has 0 aliphatic rings. The highest BCUT2D eigenvalue weighted by molar-refractivity contribution is 5.93. The molecule has 0 spiro atoms. The second-order valence-corrected chi connectivity index (χ2v) is 10.1. The van der Waals surface area contributed by atoms with Crippen molar-refractivity contribution in [2.24, 2.45) is 0 Å². The lowest BCUT2D eigenvalue weighted by molar-refractivity contribution is 0.0178. The minimum atomic E-state index is -1.29. The zero-order valence-corrected chi connectivity index (χ0v) is 27.0.